The van der Waals surface area contributed by atoms with Crippen LogP contribution in [-0.4, -0.2) is 18.6 Å². The number of benzene rings is 1. The summed E-state index contributed by atoms with van der Waals surface area (Å²) in [6.45, 7) is 8.33. The lowest BCUT2D eigenvalue weighted by molar-refractivity contribution is -0.404. The third-order valence-electron chi connectivity index (χ3n) is 13.3. The van der Waals surface area contributed by atoms with Gasteiger partial charge in [-0.05, 0) is 128 Å². The summed E-state index contributed by atoms with van der Waals surface area (Å²) < 4.78 is 91.8. The summed E-state index contributed by atoms with van der Waals surface area (Å²) in [5, 5.41) is 0. The van der Waals surface area contributed by atoms with Gasteiger partial charge in [0.25, 0.3) is 0 Å². The first-order valence-electron chi connectivity index (χ1n) is 17.4. The Bertz CT molecular complexity index is 1170. The second-order valence-electron chi connectivity index (χ2n) is 16.0. The summed E-state index contributed by atoms with van der Waals surface area (Å²) in [6, 6.07) is 2.11. The molecule has 9 heteroatoms. The first-order valence-corrected chi connectivity index (χ1v) is 17.4. The lowest BCUT2D eigenvalue weighted by Crippen LogP contribution is -2.54. The van der Waals surface area contributed by atoms with Crippen LogP contribution in [0.4, 0.5) is 37.7 Å². The molecule has 0 saturated heterocycles. The molecule has 4 saturated carbocycles. The molecule has 0 bridgehead atoms. The largest absolute Gasteiger partial charge is 0.426 e. The Morgan fingerprint density at radius 3 is 2.16 bits per heavy atom. The molecule has 1 aromatic rings. The summed E-state index contributed by atoms with van der Waals surface area (Å²) in [4.78, 5) is 0. The van der Waals surface area contributed by atoms with E-state index in [9.17, 15) is 26.3 Å². The number of halogens is 6. The maximum atomic E-state index is 14.7. The molecule has 0 aliphatic heterocycles. The number of alkyl halides is 6. The van der Waals surface area contributed by atoms with E-state index in [1.807, 2.05) is 0 Å². The monoisotopic (exact) mass is 644 g/mol. The van der Waals surface area contributed by atoms with Gasteiger partial charge in [0.2, 0.25) is 0 Å². The molecule has 4 aliphatic carbocycles. The Hall–Kier alpha value is -1.64. The second kappa shape index (κ2) is 12.4. The van der Waals surface area contributed by atoms with E-state index in [-0.39, 0.29) is 11.4 Å². The first kappa shape index (κ1) is 34.7. The lowest BCUT2D eigenvalue weighted by atomic mass is 9.44. The maximum absolute atomic E-state index is 14.7. The normalized spacial score (nSPS) is 35.3. The van der Waals surface area contributed by atoms with Crippen molar-refractivity contribution in [2.24, 2.45) is 52.3 Å². The number of anilines is 2. The van der Waals surface area contributed by atoms with E-state index in [2.05, 4.69) is 25.5 Å². The van der Waals surface area contributed by atoms with Crippen molar-refractivity contribution in [3.63, 3.8) is 0 Å². The van der Waals surface area contributed by atoms with E-state index in [1.54, 1.807) is 6.92 Å². The van der Waals surface area contributed by atoms with Gasteiger partial charge < -0.3 is 16.2 Å². The molecule has 0 heterocycles. The number of nitrogen functional groups attached to an aromatic ring is 2. The first-order chi connectivity index (χ1) is 20.9. The fraction of sp³-hybridized carbons (Fsp3) is 0.833. The van der Waals surface area contributed by atoms with Crippen LogP contribution in [0.15, 0.2) is 18.2 Å². The third-order valence-corrected chi connectivity index (χ3v) is 13.3. The van der Waals surface area contributed by atoms with E-state index in [4.69, 9.17) is 11.5 Å². The molecule has 5 rings (SSSR count). The molecule has 2 unspecified atom stereocenters. The molecule has 256 valence electrons. The van der Waals surface area contributed by atoms with Crippen LogP contribution in [0.1, 0.15) is 117 Å². The molecule has 0 radical (unpaired) electrons. The Labute approximate surface area is 265 Å². The number of hydrogen-bond acceptors (Lipinski definition) is 3. The molecular weight excluding hydrogens is 590 g/mol. The minimum Gasteiger partial charge on any atom is -0.399 e. The molecule has 4 aliphatic rings. The average Bonchev–Trinajstić information content (AvgIpc) is 3.32. The van der Waals surface area contributed by atoms with Gasteiger partial charge in [0.1, 0.15) is 0 Å². The van der Waals surface area contributed by atoms with Crippen LogP contribution in [-0.2, 0) is 10.7 Å². The van der Waals surface area contributed by atoms with Gasteiger partial charge in [-0.2, -0.15) is 26.3 Å². The highest BCUT2D eigenvalue weighted by Crippen LogP contribution is 2.68. The van der Waals surface area contributed by atoms with Crippen molar-refractivity contribution >= 4 is 11.4 Å². The molecule has 4 fully saturated rings. The molecule has 0 spiro atoms. The Kier molecular flexibility index (Phi) is 9.58. The maximum Gasteiger partial charge on any atom is 0.426 e. The van der Waals surface area contributed by atoms with Crippen LogP contribution < -0.4 is 11.5 Å². The summed E-state index contributed by atoms with van der Waals surface area (Å²) in [5.41, 5.74) is 9.66. The Morgan fingerprint density at radius 1 is 0.800 bits per heavy atom. The van der Waals surface area contributed by atoms with Gasteiger partial charge in [0, 0.05) is 16.9 Å². The highest BCUT2D eigenvalue weighted by Gasteiger charge is 2.73. The van der Waals surface area contributed by atoms with Crippen molar-refractivity contribution in [2.45, 2.75) is 129 Å². The number of rotatable bonds is 11. The fourth-order valence-corrected chi connectivity index (χ4v) is 10.9. The zero-order valence-corrected chi connectivity index (χ0v) is 27.5. The van der Waals surface area contributed by atoms with Crippen molar-refractivity contribution in [2.75, 3.05) is 18.1 Å². The van der Waals surface area contributed by atoms with Crippen molar-refractivity contribution < 1.29 is 31.1 Å². The minimum atomic E-state index is -5.81. The molecule has 0 amide bonds. The van der Waals surface area contributed by atoms with Crippen LogP contribution in [0.2, 0.25) is 0 Å². The van der Waals surface area contributed by atoms with Crippen LogP contribution in [0, 0.1) is 52.3 Å². The van der Waals surface area contributed by atoms with E-state index in [1.165, 1.54) is 64.2 Å². The molecular formula is C36H54F6N2O. The molecule has 4 N–H and O–H groups in total. The smallest absolute Gasteiger partial charge is 0.399 e. The van der Waals surface area contributed by atoms with Gasteiger partial charge in [0.05, 0.1) is 6.61 Å². The van der Waals surface area contributed by atoms with E-state index >= 15 is 0 Å². The fourth-order valence-electron chi connectivity index (χ4n) is 10.9. The summed E-state index contributed by atoms with van der Waals surface area (Å²) in [7, 11) is 0. The zero-order valence-electron chi connectivity index (χ0n) is 27.5. The molecule has 3 nitrogen and oxygen atoms in total. The van der Waals surface area contributed by atoms with Gasteiger partial charge in [-0.1, -0.05) is 53.4 Å². The minimum absolute atomic E-state index is 0.330. The highest BCUT2D eigenvalue weighted by molar-refractivity contribution is 5.55. The van der Waals surface area contributed by atoms with Gasteiger partial charge in [0.15, 0.2) is 0 Å². The second-order valence-corrected chi connectivity index (χ2v) is 16.0. The highest BCUT2D eigenvalue weighted by atomic mass is 19.3. The van der Waals surface area contributed by atoms with Gasteiger partial charge in [-0.15, -0.1) is 0 Å². The number of hydrogen-bond donors (Lipinski definition) is 2. The molecule has 45 heavy (non-hydrogen) atoms. The predicted molar refractivity (Wildman–Crippen MR) is 167 cm³/mol. The van der Waals surface area contributed by atoms with Crippen molar-refractivity contribution in [1.82, 2.24) is 0 Å². The molecule has 1 aromatic carbocycles. The van der Waals surface area contributed by atoms with E-state index in [0.29, 0.717) is 41.2 Å². The average molecular weight is 645 g/mol. The number of fused-ring (bicyclic) bond motifs is 5. The number of ether oxygens (including phenoxy) is 1. The standard InChI is InChI=1S/C36H54F6N2O/c1-22(21-45-36(41,42)35(39,40)34(37,38)25-18-26(43)20-27(44)19-25)8-7-9-23(2)29-13-14-30-28-12-11-24-10-5-6-16-32(24,3)31(28)15-17-33(29,30)4/h18-20,22-24,28-31H,5-17,21,43-44H2,1-4H3/t22?,23-,24?,28+,29-,30+,31+,32+,33-/m1/s1. The van der Waals surface area contributed by atoms with Gasteiger partial charge in [-0.25, -0.2) is 0 Å². The van der Waals surface area contributed by atoms with Crippen molar-refractivity contribution in [3.8, 4) is 0 Å². The zero-order chi connectivity index (χ0) is 33.0. The predicted octanol–water partition coefficient (Wildman–Crippen LogP) is 10.7. The summed E-state index contributed by atoms with van der Waals surface area (Å²) in [6.07, 6.45) is 10.3. The molecule has 0 aromatic heterocycles. The SMILES string of the molecule is CC(CCC[C@@H](C)[C@H]1CC[C@H]2[C@@H]3CCC4CCCC[C@]4(C)[C@H]3CC[C@]12C)COC(F)(F)C(F)(F)C(F)(F)c1cc(N)cc(N)c1. The van der Waals surface area contributed by atoms with Gasteiger partial charge >= 0.3 is 18.0 Å². The van der Waals surface area contributed by atoms with Crippen LogP contribution in [0.5, 0.6) is 0 Å². The van der Waals surface area contributed by atoms with Crippen LogP contribution in [0.3, 0.4) is 0 Å². The van der Waals surface area contributed by atoms with E-state index < -0.39 is 36.0 Å². The quantitative estimate of drug-likeness (QED) is 0.186. The third kappa shape index (κ3) is 6.10. The van der Waals surface area contributed by atoms with Crippen LogP contribution in [0.25, 0.3) is 0 Å². The van der Waals surface area contributed by atoms with E-state index in [0.717, 1.165) is 42.6 Å². The topological polar surface area (TPSA) is 61.3 Å². The lowest BCUT2D eigenvalue weighted by Gasteiger charge is -2.61. The Balaban J connectivity index is 1.12. The van der Waals surface area contributed by atoms with Gasteiger partial charge in [-0.3, -0.25) is 0 Å². The molecule has 9 atom stereocenters. The van der Waals surface area contributed by atoms with Crippen LogP contribution >= 0.6 is 0 Å². The number of nitrogens with two attached hydrogens (primary N) is 2. The summed E-state index contributed by atoms with van der Waals surface area (Å²) >= 11 is 0. The summed E-state index contributed by atoms with van der Waals surface area (Å²) in [5.74, 6) is -7.08. The van der Waals surface area contributed by atoms with Crippen molar-refractivity contribution in [3.05, 3.63) is 23.8 Å². The Morgan fingerprint density at radius 2 is 1.47 bits per heavy atom. The van der Waals surface area contributed by atoms with Crippen molar-refractivity contribution in [1.29, 1.82) is 0 Å².